The topological polar surface area (TPSA) is 55.8 Å². The molecule has 24 heavy (non-hydrogen) atoms. The van der Waals surface area contributed by atoms with Crippen molar-refractivity contribution in [3.05, 3.63) is 34.9 Å². The fourth-order valence-corrected chi connectivity index (χ4v) is 5.16. The predicted octanol–water partition coefficient (Wildman–Crippen LogP) is 1.77. The van der Waals surface area contributed by atoms with Crippen LogP contribution in [0, 0.1) is 0 Å². The quantitative estimate of drug-likeness (QED) is 0.447. The lowest BCUT2D eigenvalue weighted by Gasteiger charge is -2.52. The van der Waals surface area contributed by atoms with Crippen molar-refractivity contribution >= 4 is 11.8 Å². The number of ketones is 1. The van der Waals surface area contributed by atoms with Gasteiger partial charge in [-0.05, 0) is 43.6 Å². The Hall–Kier alpha value is -2.14. The first-order valence-electron chi connectivity index (χ1n) is 8.47. The molecule has 1 saturated heterocycles. The smallest absolute Gasteiger partial charge is 0.308 e. The summed E-state index contributed by atoms with van der Waals surface area (Å²) in [4.78, 5) is 26.5. The average Bonchev–Trinajstić information content (AvgIpc) is 2.89. The predicted molar refractivity (Wildman–Crippen MR) is 86.3 cm³/mol. The minimum Gasteiger partial charge on any atom is -0.477 e. The summed E-state index contributed by atoms with van der Waals surface area (Å²) < 4.78 is 11.5. The number of likely N-dealkylation sites (N-methyl/N-ethyl adjacent to an activating group) is 1. The van der Waals surface area contributed by atoms with E-state index in [1.807, 2.05) is 6.07 Å². The minimum absolute atomic E-state index is 0.125. The maximum Gasteiger partial charge on any atom is 0.308 e. The number of hydrogen-bond donors (Lipinski definition) is 0. The Morgan fingerprint density at radius 2 is 2.25 bits per heavy atom. The van der Waals surface area contributed by atoms with Gasteiger partial charge in [0.2, 0.25) is 0 Å². The first-order chi connectivity index (χ1) is 11.5. The zero-order valence-corrected chi connectivity index (χ0v) is 13.8. The minimum atomic E-state index is -0.473. The Morgan fingerprint density at radius 1 is 1.42 bits per heavy atom. The molecule has 0 unspecified atom stereocenters. The Kier molecular flexibility index (Phi) is 2.65. The Bertz CT molecular complexity index is 827. The van der Waals surface area contributed by atoms with Gasteiger partial charge < -0.3 is 9.47 Å². The van der Waals surface area contributed by atoms with Crippen molar-refractivity contribution in [1.82, 2.24) is 4.90 Å². The lowest BCUT2D eigenvalue weighted by molar-refractivity contribution is -0.132. The van der Waals surface area contributed by atoms with Gasteiger partial charge in [0.25, 0.3) is 0 Å². The third-order valence-electron chi connectivity index (χ3n) is 6.08. The monoisotopic (exact) mass is 325 g/mol. The first-order valence-corrected chi connectivity index (χ1v) is 8.47. The molecule has 1 spiro atoms. The Morgan fingerprint density at radius 3 is 3.04 bits per heavy atom. The van der Waals surface area contributed by atoms with Crippen molar-refractivity contribution in [2.45, 2.75) is 43.7 Å². The van der Waals surface area contributed by atoms with Gasteiger partial charge in [0.15, 0.2) is 23.4 Å². The molecule has 5 heteroatoms. The van der Waals surface area contributed by atoms with E-state index in [0.717, 1.165) is 24.9 Å². The zero-order valence-electron chi connectivity index (χ0n) is 13.8. The highest BCUT2D eigenvalue weighted by Crippen LogP contribution is 2.61. The van der Waals surface area contributed by atoms with Crippen LogP contribution in [0.5, 0.6) is 11.5 Å². The molecule has 0 aromatic heterocycles. The largest absolute Gasteiger partial charge is 0.477 e. The fraction of sp³-hybridized carbons (Fsp3) is 0.474. The summed E-state index contributed by atoms with van der Waals surface area (Å²) in [6, 6.07) is 4.17. The number of ether oxygens (including phenoxy) is 2. The number of Topliss-reactive ketones (excluding diaryl/α,β-unsaturated/α-hetero) is 1. The third kappa shape index (κ3) is 1.53. The number of carbonyl (C=O) groups is 2. The molecule has 1 fully saturated rings. The number of likely N-dealkylation sites (tertiary alicyclic amines) is 1. The van der Waals surface area contributed by atoms with Gasteiger partial charge in [0.1, 0.15) is 0 Å². The standard InChI is InChI=1S/C19H19NO4/c1-10(21)23-15-6-3-11-9-13-12-4-5-14(22)18-19(12,7-8-20(13)2)16(11)17(15)24-18/h3-4,6,13,18H,5,7-9H2,1-2H3/t13-,18+,19+/m1/s1. The molecule has 2 aliphatic carbocycles. The maximum atomic E-state index is 12.6. The lowest BCUT2D eigenvalue weighted by atomic mass is 9.56. The highest BCUT2D eigenvalue weighted by molar-refractivity contribution is 5.92. The second-order valence-corrected chi connectivity index (χ2v) is 7.27. The van der Waals surface area contributed by atoms with E-state index in [0.29, 0.717) is 24.0 Å². The Balaban J connectivity index is 1.79. The number of hydrogen-bond acceptors (Lipinski definition) is 5. The van der Waals surface area contributed by atoms with Crippen LogP contribution >= 0.6 is 0 Å². The molecule has 5 nitrogen and oxygen atoms in total. The maximum absolute atomic E-state index is 12.6. The van der Waals surface area contributed by atoms with Crippen molar-refractivity contribution < 1.29 is 19.1 Å². The van der Waals surface area contributed by atoms with Crippen LogP contribution in [0.4, 0.5) is 0 Å². The normalized spacial score (nSPS) is 32.8. The number of benzene rings is 1. The van der Waals surface area contributed by atoms with Crippen LogP contribution in [0.1, 0.15) is 30.9 Å². The molecular formula is C19H19NO4. The van der Waals surface area contributed by atoms with E-state index >= 15 is 0 Å². The van der Waals surface area contributed by atoms with Crippen molar-refractivity contribution in [1.29, 1.82) is 0 Å². The summed E-state index contributed by atoms with van der Waals surface area (Å²) in [7, 11) is 2.15. The summed E-state index contributed by atoms with van der Waals surface area (Å²) in [6.45, 7) is 2.32. The van der Waals surface area contributed by atoms with Crippen LogP contribution in [-0.2, 0) is 21.4 Å². The number of esters is 1. The molecule has 1 aromatic rings. The Labute approximate surface area is 140 Å². The van der Waals surface area contributed by atoms with Crippen LogP contribution in [0.25, 0.3) is 0 Å². The van der Waals surface area contributed by atoms with E-state index in [1.165, 1.54) is 18.1 Å². The molecule has 0 N–H and O–H groups in total. The fourth-order valence-electron chi connectivity index (χ4n) is 5.16. The van der Waals surface area contributed by atoms with E-state index < -0.39 is 6.10 Å². The first kappa shape index (κ1) is 14.2. The van der Waals surface area contributed by atoms with Crippen molar-refractivity contribution in [3.63, 3.8) is 0 Å². The molecular weight excluding hydrogens is 306 g/mol. The molecule has 2 bridgehead atoms. The summed E-state index contributed by atoms with van der Waals surface area (Å²) in [5.74, 6) is 0.799. The number of nitrogens with zero attached hydrogens (tertiary/aromatic N) is 1. The second kappa shape index (κ2) is 4.48. The van der Waals surface area contributed by atoms with Gasteiger partial charge in [-0.2, -0.15) is 0 Å². The summed E-state index contributed by atoms with van der Waals surface area (Å²) in [6.07, 6.45) is 3.86. The van der Waals surface area contributed by atoms with Crippen molar-refractivity contribution in [2.75, 3.05) is 13.6 Å². The summed E-state index contributed by atoms with van der Waals surface area (Å²) >= 11 is 0. The average molecular weight is 325 g/mol. The number of carbonyl (C=O) groups excluding carboxylic acids is 2. The van der Waals surface area contributed by atoms with Gasteiger partial charge in [-0.3, -0.25) is 14.5 Å². The van der Waals surface area contributed by atoms with E-state index in [9.17, 15) is 9.59 Å². The molecule has 0 saturated carbocycles. The third-order valence-corrected chi connectivity index (χ3v) is 6.08. The summed E-state index contributed by atoms with van der Waals surface area (Å²) in [5, 5.41) is 0. The molecule has 2 heterocycles. The van der Waals surface area contributed by atoms with E-state index in [2.05, 4.69) is 18.0 Å². The van der Waals surface area contributed by atoms with E-state index in [1.54, 1.807) is 6.07 Å². The molecule has 3 atom stereocenters. The summed E-state index contributed by atoms with van der Waals surface area (Å²) in [5.41, 5.74) is 3.28. The van der Waals surface area contributed by atoms with Crippen molar-refractivity contribution in [2.24, 2.45) is 0 Å². The highest BCUT2D eigenvalue weighted by atomic mass is 16.6. The van der Waals surface area contributed by atoms with Crippen LogP contribution < -0.4 is 9.47 Å². The second-order valence-electron chi connectivity index (χ2n) is 7.27. The van der Waals surface area contributed by atoms with Crippen molar-refractivity contribution in [3.8, 4) is 11.5 Å². The van der Waals surface area contributed by atoms with Gasteiger partial charge in [0, 0.05) is 24.9 Å². The van der Waals surface area contributed by atoms with Crippen LogP contribution in [0.2, 0.25) is 0 Å². The van der Waals surface area contributed by atoms with Gasteiger partial charge >= 0.3 is 5.97 Å². The SMILES string of the molecule is CC(=O)Oc1ccc2c3c1O[C@H]1C(=O)CC=C4[C@@H](C2)N(C)CC[C@]431. The zero-order chi connectivity index (χ0) is 16.6. The number of rotatable bonds is 1. The molecule has 0 amide bonds. The van der Waals surface area contributed by atoms with Crippen LogP contribution in [0.15, 0.2) is 23.8 Å². The molecule has 0 radical (unpaired) electrons. The van der Waals surface area contributed by atoms with Gasteiger partial charge in [-0.25, -0.2) is 0 Å². The number of piperidine rings is 1. The van der Waals surface area contributed by atoms with Gasteiger partial charge in [-0.1, -0.05) is 12.1 Å². The van der Waals surface area contributed by atoms with Crippen LogP contribution in [-0.4, -0.2) is 42.4 Å². The highest BCUT2D eigenvalue weighted by Gasteiger charge is 2.62. The molecule has 124 valence electrons. The lowest BCUT2D eigenvalue weighted by Crippen LogP contribution is -2.60. The van der Waals surface area contributed by atoms with E-state index in [-0.39, 0.29) is 17.2 Å². The van der Waals surface area contributed by atoms with Gasteiger partial charge in [-0.15, -0.1) is 0 Å². The molecule has 4 aliphatic rings. The number of allylic oxidation sites excluding steroid dienone is 1. The van der Waals surface area contributed by atoms with Crippen LogP contribution in [0.3, 0.4) is 0 Å². The van der Waals surface area contributed by atoms with Gasteiger partial charge in [0.05, 0.1) is 5.41 Å². The molecule has 1 aromatic carbocycles. The molecule has 2 aliphatic heterocycles. The molecule has 5 rings (SSSR count). The van der Waals surface area contributed by atoms with E-state index in [4.69, 9.17) is 9.47 Å².